The summed E-state index contributed by atoms with van der Waals surface area (Å²) in [5, 5.41) is 14.3. The van der Waals surface area contributed by atoms with Crippen molar-refractivity contribution >= 4 is 58.4 Å². The number of halogens is 3. The molecule has 2 aliphatic heterocycles. The van der Waals surface area contributed by atoms with E-state index in [1.54, 1.807) is 25.3 Å². The maximum absolute atomic E-state index is 13.5. The van der Waals surface area contributed by atoms with Crippen molar-refractivity contribution in [1.29, 1.82) is 0 Å². The molecule has 1 amide bonds. The lowest BCUT2D eigenvalue weighted by atomic mass is 9.66. The summed E-state index contributed by atoms with van der Waals surface area (Å²) in [4.78, 5) is 40.3. The average Bonchev–Trinajstić information content (AvgIpc) is 3.37. The highest BCUT2D eigenvalue weighted by Crippen LogP contribution is 2.45. The van der Waals surface area contributed by atoms with Gasteiger partial charge in [0, 0.05) is 42.3 Å². The van der Waals surface area contributed by atoms with E-state index in [2.05, 4.69) is 25.1 Å². The van der Waals surface area contributed by atoms with E-state index >= 15 is 0 Å². The Bertz CT molecular complexity index is 1250. The number of likely N-dealkylation sites (tertiary alicyclic amines) is 1. The average molecular weight is 596 g/mol. The van der Waals surface area contributed by atoms with Crippen LogP contribution in [0.5, 0.6) is 0 Å². The van der Waals surface area contributed by atoms with E-state index in [1.165, 1.54) is 0 Å². The second-order valence-corrected chi connectivity index (χ2v) is 12.3. The Morgan fingerprint density at radius 2 is 1.82 bits per heavy atom. The van der Waals surface area contributed by atoms with Crippen LogP contribution in [0.1, 0.15) is 51.1 Å². The molecule has 1 saturated carbocycles. The third-order valence-corrected chi connectivity index (χ3v) is 9.16. The smallest absolute Gasteiger partial charge is 0.309 e. The van der Waals surface area contributed by atoms with Crippen molar-refractivity contribution in [2.75, 3.05) is 42.9 Å². The van der Waals surface area contributed by atoms with Crippen molar-refractivity contribution in [3.63, 3.8) is 0 Å². The van der Waals surface area contributed by atoms with Crippen molar-refractivity contribution in [3.05, 3.63) is 45.0 Å². The fourth-order valence-corrected chi connectivity index (χ4v) is 6.68. The van der Waals surface area contributed by atoms with Gasteiger partial charge in [0.1, 0.15) is 5.02 Å². The van der Waals surface area contributed by atoms with Gasteiger partial charge >= 0.3 is 5.97 Å². The predicted octanol–water partition coefficient (Wildman–Crippen LogP) is 4.98. The lowest BCUT2D eigenvalue weighted by Gasteiger charge is -2.48. The van der Waals surface area contributed by atoms with E-state index in [-0.39, 0.29) is 24.0 Å². The molecule has 1 aromatic heterocycles. The number of amides is 1. The monoisotopic (exact) mass is 594 g/mol. The highest BCUT2D eigenvalue weighted by atomic mass is 35.5. The summed E-state index contributed by atoms with van der Waals surface area (Å²) in [5.41, 5.74) is 0.206. The van der Waals surface area contributed by atoms with E-state index in [0.717, 1.165) is 24.9 Å². The molecule has 0 unspecified atom stereocenters. The van der Waals surface area contributed by atoms with Crippen molar-refractivity contribution in [2.24, 2.45) is 5.41 Å². The molecule has 1 aliphatic carbocycles. The number of piperazine rings is 1. The summed E-state index contributed by atoms with van der Waals surface area (Å²) in [7, 11) is 0. The number of hydrogen-bond donors (Lipinski definition) is 2. The summed E-state index contributed by atoms with van der Waals surface area (Å²) in [5.74, 6) is 0.453. The zero-order chi connectivity index (χ0) is 27.9. The highest BCUT2D eigenvalue weighted by Gasteiger charge is 2.51. The standard InChI is InChI=1S/C27H33Cl3N6O3/c1-16(19-6-5-17(28)12-20(19)29)32-23-21(30)15-31-26(33-23)35-10-8-34(9-11-35)24(37)22-4-3-7-36(22)18-13-27(2,14-18)25(38)39/h5-6,12,15-16,18,22H,3-4,7-11,13-14H2,1-2H3,(H,38,39)(H,31,32,33)/t16-,18?,22-,27?/m1/s1. The van der Waals surface area contributed by atoms with Gasteiger partial charge < -0.3 is 20.2 Å². The number of hydrogen-bond acceptors (Lipinski definition) is 7. The molecular formula is C27H33Cl3N6O3. The number of nitrogens with zero attached hydrogens (tertiary/aromatic N) is 5. The van der Waals surface area contributed by atoms with E-state index in [9.17, 15) is 14.7 Å². The van der Waals surface area contributed by atoms with Crippen LogP contribution in [-0.2, 0) is 9.59 Å². The molecule has 5 rings (SSSR count). The largest absolute Gasteiger partial charge is 0.481 e. The molecule has 3 aliphatic rings. The Labute approximate surface area is 243 Å². The molecule has 2 atom stereocenters. The predicted molar refractivity (Wildman–Crippen MR) is 153 cm³/mol. The summed E-state index contributed by atoms with van der Waals surface area (Å²) in [6.07, 6.45) is 4.58. The summed E-state index contributed by atoms with van der Waals surface area (Å²) >= 11 is 18.8. The van der Waals surface area contributed by atoms with Crippen molar-refractivity contribution in [2.45, 2.75) is 57.7 Å². The van der Waals surface area contributed by atoms with Gasteiger partial charge in [-0.15, -0.1) is 0 Å². The van der Waals surface area contributed by atoms with Crippen molar-refractivity contribution in [3.8, 4) is 0 Å². The molecule has 0 spiro atoms. The molecule has 2 aromatic rings. The van der Waals surface area contributed by atoms with Crippen LogP contribution >= 0.6 is 34.8 Å². The molecule has 1 aromatic carbocycles. The Kier molecular flexibility index (Phi) is 8.15. The van der Waals surface area contributed by atoms with E-state index in [4.69, 9.17) is 34.8 Å². The van der Waals surface area contributed by atoms with Gasteiger partial charge in [-0.3, -0.25) is 14.5 Å². The molecule has 2 saturated heterocycles. The number of carboxylic acids is 1. The van der Waals surface area contributed by atoms with E-state index < -0.39 is 11.4 Å². The van der Waals surface area contributed by atoms with Crippen LogP contribution < -0.4 is 10.2 Å². The Morgan fingerprint density at radius 3 is 2.49 bits per heavy atom. The minimum Gasteiger partial charge on any atom is -0.481 e. The Hall–Kier alpha value is -2.33. The van der Waals surface area contributed by atoms with Gasteiger partial charge in [-0.2, -0.15) is 4.98 Å². The van der Waals surface area contributed by atoms with Gasteiger partial charge in [-0.25, -0.2) is 4.98 Å². The number of anilines is 2. The van der Waals surface area contributed by atoms with Crippen LogP contribution in [0.4, 0.5) is 11.8 Å². The summed E-state index contributed by atoms with van der Waals surface area (Å²) in [6.45, 7) is 6.99. The number of nitrogens with one attached hydrogen (secondary N) is 1. The Morgan fingerprint density at radius 1 is 1.10 bits per heavy atom. The minimum atomic E-state index is -0.747. The fourth-order valence-electron chi connectivity index (χ4n) is 5.97. The first-order valence-electron chi connectivity index (χ1n) is 13.3. The van der Waals surface area contributed by atoms with Gasteiger partial charge in [0.25, 0.3) is 0 Å². The van der Waals surface area contributed by atoms with Crippen LogP contribution in [0.3, 0.4) is 0 Å². The molecule has 3 heterocycles. The molecule has 12 heteroatoms. The van der Waals surface area contributed by atoms with Crippen LogP contribution in [-0.4, -0.2) is 81.6 Å². The number of benzene rings is 1. The molecule has 0 radical (unpaired) electrons. The maximum atomic E-state index is 13.5. The van der Waals surface area contributed by atoms with Gasteiger partial charge in [0.05, 0.1) is 23.7 Å². The van der Waals surface area contributed by atoms with Crippen molar-refractivity contribution < 1.29 is 14.7 Å². The topological polar surface area (TPSA) is 102 Å². The number of rotatable bonds is 7. The zero-order valence-corrected chi connectivity index (χ0v) is 24.3. The van der Waals surface area contributed by atoms with Gasteiger partial charge in [-0.05, 0) is 63.8 Å². The SMILES string of the molecule is C[C@@H](Nc1nc(N2CCN(C(=O)[C@H]3CCCN3C3CC(C)(C(=O)O)C3)CC2)ncc1Cl)c1ccc(Cl)cc1Cl. The molecule has 210 valence electrons. The lowest BCUT2D eigenvalue weighted by molar-refractivity contribution is -0.158. The summed E-state index contributed by atoms with van der Waals surface area (Å²) < 4.78 is 0. The molecule has 39 heavy (non-hydrogen) atoms. The molecule has 3 fully saturated rings. The van der Waals surface area contributed by atoms with Gasteiger partial charge in [-0.1, -0.05) is 40.9 Å². The lowest BCUT2D eigenvalue weighted by Crippen LogP contribution is -2.59. The second-order valence-electron chi connectivity index (χ2n) is 11.0. The zero-order valence-electron chi connectivity index (χ0n) is 22.0. The Balaban J connectivity index is 1.19. The minimum absolute atomic E-state index is 0.143. The maximum Gasteiger partial charge on any atom is 0.309 e. The van der Waals surface area contributed by atoms with Crippen LogP contribution in [0.25, 0.3) is 0 Å². The number of aliphatic carboxylic acids is 1. The fraction of sp³-hybridized carbons (Fsp3) is 0.556. The quantitative estimate of drug-likeness (QED) is 0.462. The van der Waals surface area contributed by atoms with Crippen LogP contribution in [0.15, 0.2) is 24.4 Å². The van der Waals surface area contributed by atoms with Gasteiger partial charge in [0.2, 0.25) is 11.9 Å². The number of carbonyl (C=O) groups is 2. The first kappa shape index (κ1) is 28.2. The van der Waals surface area contributed by atoms with E-state index in [1.807, 2.05) is 17.9 Å². The van der Waals surface area contributed by atoms with E-state index in [0.29, 0.717) is 65.9 Å². The van der Waals surface area contributed by atoms with Crippen LogP contribution in [0.2, 0.25) is 15.1 Å². The number of carboxylic acid groups (broad SMARTS) is 1. The number of carbonyl (C=O) groups excluding carboxylic acids is 1. The van der Waals surface area contributed by atoms with Crippen molar-refractivity contribution in [1.82, 2.24) is 19.8 Å². The third-order valence-electron chi connectivity index (χ3n) is 8.32. The second kappa shape index (κ2) is 11.3. The number of aromatic nitrogens is 2. The summed E-state index contributed by atoms with van der Waals surface area (Å²) in [6, 6.07) is 5.21. The van der Waals surface area contributed by atoms with Crippen LogP contribution in [0, 0.1) is 5.41 Å². The highest BCUT2D eigenvalue weighted by molar-refractivity contribution is 6.35. The molecule has 0 bridgehead atoms. The normalized spacial score (nSPS) is 26.3. The molecular weight excluding hydrogens is 563 g/mol. The molecule has 9 nitrogen and oxygen atoms in total. The first-order valence-corrected chi connectivity index (χ1v) is 14.5. The first-order chi connectivity index (χ1) is 18.6. The van der Waals surface area contributed by atoms with Gasteiger partial charge in [0.15, 0.2) is 5.82 Å². The third kappa shape index (κ3) is 5.78. The molecule has 2 N–H and O–H groups in total.